The molecule has 0 heterocycles. The van der Waals surface area contributed by atoms with Crippen molar-refractivity contribution in [1.29, 1.82) is 0 Å². The van der Waals surface area contributed by atoms with Gasteiger partial charge in [0.15, 0.2) is 11.5 Å². The first-order valence-corrected chi connectivity index (χ1v) is 10.5. The topological polar surface area (TPSA) is 87.9 Å². The molecular formula is C22H27NO6S. The lowest BCUT2D eigenvalue weighted by Crippen LogP contribution is -2.08. The molecule has 2 aromatic carbocycles. The second-order valence-electron chi connectivity index (χ2n) is 7.52. The highest BCUT2D eigenvalue weighted by molar-refractivity contribution is 7.99. The molecule has 0 atom stereocenters. The van der Waals surface area contributed by atoms with E-state index < -0.39 is 4.92 Å². The molecule has 0 unspecified atom stereocenters. The SMILES string of the molecule is CCOC(=O)Cc1ccc(OC)c(Oc2ccc([N+](=O)[O-])cc2CSC(C)(C)C)c1. The normalized spacial score (nSPS) is 11.1. The van der Waals surface area contributed by atoms with Crippen LogP contribution < -0.4 is 9.47 Å². The van der Waals surface area contributed by atoms with Gasteiger partial charge in [0.2, 0.25) is 0 Å². The van der Waals surface area contributed by atoms with Crippen molar-refractivity contribution in [3.63, 3.8) is 0 Å². The van der Waals surface area contributed by atoms with Gasteiger partial charge in [-0.05, 0) is 30.7 Å². The Morgan fingerprint density at radius 1 is 1.10 bits per heavy atom. The third-order valence-electron chi connectivity index (χ3n) is 4.02. The highest BCUT2D eigenvalue weighted by Gasteiger charge is 2.18. The number of hydrogen-bond acceptors (Lipinski definition) is 7. The van der Waals surface area contributed by atoms with Crippen molar-refractivity contribution in [1.82, 2.24) is 0 Å². The summed E-state index contributed by atoms with van der Waals surface area (Å²) in [5, 5.41) is 11.2. The van der Waals surface area contributed by atoms with Crippen molar-refractivity contribution in [2.24, 2.45) is 0 Å². The molecule has 0 aliphatic carbocycles. The molecule has 30 heavy (non-hydrogen) atoms. The summed E-state index contributed by atoms with van der Waals surface area (Å²) >= 11 is 1.66. The Bertz CT molecular complexity index is 907. The lowest BCUT2D eigenvalue weighted by atomic mass is 10.1. The van der Waals surface area contributed by atoms with Gasteiger partial charge >= 0.3 is 5.97 Å². The summed E-state index contributed by atoms with van der Waals surface area (Å²) in [4.78, 5) is 22.6. The summed E-state index contributed by atoms with van der Waals surface area (Å²) in [5.74, 6) is 1.64. The van der Waals surface area contributed by atoms with Crippen LogP contribution in [0.25, 0.3) is 0 Å². The van der Waals surface area contributed by atoms with Gasteiger partial charge in [0.25, 0.3) is 5.69 Å². The van der Waals surface area contributed by atoms with E-state index in [4.69, 9.17) is 14.2 Å². The van der Waals surface area contributed by atoms with E-state index in [2.05, 4.69) is 20.8 Å². The van der Waals surface area contributed by atoms with Crippen LogP contribution in [0.15, 0.2) is 36.4 Å². The summed E-state index contributed by atoms with van der Waals surface area (Å²) in [5.41, 5.74) is 1.44. The van der Waals surface area contributed by atoms with Gasteiger partial charge in [-0.2, -0.15) is 11.8 Å². The van der Waals surface area contributed by atoms with Crippen LogP contribution in [0.3, 0.4) is 0 Å². The number of esters is 1. The second kappa shape index (κ2) is 10.3. The van der Waals surface area contributed by atoms with Crippen LogP contribution >= 0.6 is 11.8 Å². The third kappa shape index (κ3) is 6.95. The van der Waals surface area contributed by atoms with Crippen molar-refractivity contribution < 1.29 is 23.9 Å². The van der Waals surface area contributed by atoms with Gasteiger partial charge in [-0.25, -0.2) is 0 Å². The number of methoxy groups -OCH3 is 1. The van der Waals surface area contributed by atoms with Gasteiger partial charge in [-0.3, -0.25) is 14.9 Å². The van der Waals surface area contributed by atoms with Crippen molar-refractivity contribution >= 4 is 23.4 Å². The minimum absolute atomic E-state index is 0.00915. The summed E-state index contributed by atoms with van der Waals surface area (Å²) in [7, 11) is 1.53. The third-order valence-corrected chi connectivity index (χ3v) is 5.34. The lowest BCUT2D eigenvalue weighted by molar-refractivity contribution is -0.384. The zero-order chi connectivity index (χ0) is 22.3. The number of carbonyl (C=O) groups excluding carboxylic acids is 1. The fourth-order valence-electron chi connectivity index (χ4n) is 2.59. The number of nitro benzene ring substituents is 1. The molecule has 8 heteroatoms. The maximum atomic E-state index is 11.8. The molecular weight excluding hydrogens is 406 g/mol. The number of hydrogen-bond donors (Lipinski definition) is 0. The average Bonchev–Trinajstić information content (AvgIpc) is 2.66. The molecule has 162 valence electrons. The van der Waals surface area contributed by atoms with Crippen molar-refractivity contribution in [2.45, 2.75) is 44.6 Å². The number of benzene rings is 2. The molecule has 0 bridgehead atoms. The van der Waals surface area contributed by atoms with Crippen LogP contribution in [0, 0.1) is 10.1 Å². The molecule has 0 saturated carbocycles. The number of non-ortho nitro benzene ring substituents is 1. The first-order valence-electron chi connectivity index (χ1n) is 9.54. The van der Waals surface area contributed by atoms with Gasteiger partial charge < -0.3 is 14.2 Å². The summed E-state index contributed by atoms with van der Waals surface area (Å²) < 4.78 is 16.5. The number of nitrogens with zero attached hydrogens (tertiary/aromatic N) is 1. The average molecular weight is 434 g/mol. The Hall–Kier alpha value is -2.74. The van der Waals surface area contributed by atoms with Gasteiger partial charge in [0.05, 0.1) is 25.1 Å². The Morgan fingerprint density at radius 2 is 1.80 bits per heavy atom. The Labute approximate surface area is 180 Å². The van der Waals surface area contributed by atoms with E-state index in [1.54, 1.807) is 43.0 Å². The molecule has 7 nitrogen and oxygen atoms in total. The Balaban J connectivity index is 2.37. The molecule has 0 aliphatic rings. The molecule has 0 aliphatic heterocycles. The zero-order valence-electron chi connectivity index (χ0n) is 17.9. The molecule has 2 aromatic rings. The van der Waals surface area contributed by atoms with E-state index in [1.807, 2.05) is 0 Å². The number of nitro groups is 1. The minimum atomic E-state index is -0.421. The molecule has 0 N–H and O–H groups in total. The van der Waals surface area contributed by atoms with Crippen LogP contribution in [0.5, 0.6) is 17.2 Å². The number of thioether (sulfide) groups is 1. The van der Waals surface area contributed by atoms with E-state index in [0.717, 1.165) is 5.56 Å². The first kappa shape index (κ1) is 23.5. The number of rotatable bonds is 9. The fraction of sp³-hybridized carbons (Fsp3) is 0.409. The Morgan fingerprint density at radius 3 is 2.40 bits per heavy atom. The molecule has 0 saturated heterocycles. The summed E-state index contributed by atoms with van der Waals surface area (Å²) in [6.07, 6.45) is 0.112. The van der Waals surface area contributed by atoms with Crippen LogP contribution in [0.4, 0.5) is 5.69 Å². The first-order chi connectivity index (χ1) is 14.1. The minimum Gasteiger partial charge on any atom is -0.493 e. The molecule has 0 spiro atoms. The van der Waals surface area contributed by atoms with Crippen molar-refractivity contribution in [2.75, 3.05) is 13.7 Å². The highest BCUT2D eigenvalue weighted by Crippen LogP contribution is 2.38. The van der Waals surface area contributed by atoms with Gasteiger partial charge in [0.1, 0.15) is 5.75 Å². The van der Waals surface area contributed by atoms with Crippen molar-refractivity contribution in [3.05, 3.63) is 57.6 Å². The number of ether oxygens (including phenoxy) is 3. The van der Waals surface area contributed by atoms with Gasteiger partial charge in [0, 0.05) is 28.2 Å². The molecule has 2 rings (SSSR count). The maximum Gasteiger partial charge on any atom is 0.310 e. The number of carbonyl (C=O) groups is 1. The van der Waals surface area contributed by atoms with Crippen LogP contribution in [-0.4, -0.2) is 29.4 Å². The predicted molar refractivity (Wildman–Crippen MR) is 118 cm³/mol. The van der Waals surface area contributed by atoms with Crippen LogP contribution in [0.2, 0.25) is 0 Å². The largest absolute Gasteiger partial charge is 0.493 e. The van der Waals surface area contributed by atoms with E-state index in [1.165, 1.54) is 19.2 Å². The monoisotopic (exact) mass is 433 g/mol. The molecule has 0 radical (unpaired) electrons. The van der Waals surface area contributed by atoms with Crippen LogP contribution in [-0.2, 0) is 21.7 Å². The van der Waals surface area contributed by atoms with E-state index in [0.29, 0.717) is 35.2 Å². The maximum absolute atomic E-state index is 11.8. The van der Waals surface area contributed by atoms with Crippen molar-refractivity contribution in [3.8, 4) is 17.2 Å². The fourth-order valence-corrected chi connectivity index (χ4v) is 3.41. The summed E-state index contributed by atoms with van der Waals surface area (Å²) in [6, 6.07) is 9.75. The standard InChI is InChI=1S/C22H27NO6S/c1-6-28-21(24)12-15-7-9-19(27-5)20(11-15)29-18-10-8-17(23(25)26)13-16(18)14-30-22(2,3)4/h7-11,13H,6,12,14H2,1-5H3. The lowest BCUT2D eigenvalue weighted by Gasteiger charge is -2.19. The van der Waals surface area contributed by atoms with E-state index in [9.17, 15) is 14.9 Å². The quantitative estimate of drug-likeness (QED) is 0.292. The van der Waals surface area contributed by atoms with Crippen LogP contribution in [0.1, 0.15) is 38.8 Å². The second-order valence-corrected chi connectivity index (χ2v) is 9.32. The molecule has 0 amide bonds. The van der Waals surface area contributed by atoms with Gasteiger partial charge in [-0.1, -0.05) is 26.8 Å². The van der Waals surface area contributed by atoms with E-state index >= 15 is 0 Å². The van der Waals surface area contributed by atoms with E-state index in [-0.39, 0.29) is 22.8 Å². The molecule has 0 aromatic heterocycles. The highest BCUT2D eigenvalue weighted by atomic mass is 32.2. The zero-order valence-corrected chi connectivity index (χ0v) is 18.7. The Kier molecular flexibility index (Phi) is 8.11. The molecule has 0 fully saturated rings. The van der Waals surface area contributed by atoms with Gasteiger partial charge in [-0.15, -0.1) is 0 Å². The predicted octanol–water partition coefficient (Wildman–Crippen LogP) is 5.53. The smallest absolute Gasteiger partial charge is 0.310 e. The summed E-state index contributed by atoms with van der Waals surface area (Å²) in [6.45, 7) is 8.31.